The number of halogens is 1. The van der Waals surface area contributed by atoms with Crippen molar-refractivity contribution in [2.24, 2.45) is 0 Å². The zero-order valence-electron chi connectivity index (χ0n) is 6.31. The van der Waals surface area contributed by atoms with Crippen molar-refractivity contribution < 1.29 is 0 Å². The summed E-state index contributed by atoms with van der Waals surface area (Å²) >= 11 is 3.34. The van der Waals surface area contributed by atoms with E-state index in [4.69, 9.17) is 0 Å². The van der Waals surface area contributed by atoms with E-state index in [1.165, 1.54) is 31.4 Å². The topological polar surface area (TPSA) is 28.7 Å². The van der Waals surface area contributed by atoms with Crippen molar-refractivity contribution >= 4 is 15.9 Å². The van der Waals surface area contributed by atoms with Crippen LogP contribution in [0.25, 0.3) is 0 Å². The van der Waals surface area contributed by atoms with Gasteiger partial charge in [-0.15, -0.1) is 0 Å². The van der Waals surface area contributed by atoms with Gasteiger partial charge in [0.05, 0.1) is 0 Å². The standard InChI is InChI=1S/C8H11BrN2/c9-8-5-7(10-11-8)6-3-1-2-4-6/h5-6H,1-4H2,(H,10,11). The van der Waals surface area contributed by atoms with Gasteiger partial charge >= 0.3 is 0 Å². The molecule has 1 aromatic heterocycles. The summed E-state index contributed by atoms with van der Waals surface area (Å²) < 4.78 is 0.930. The van der Waals surface area contributed by atoms with E-state index in [1.807, 2.05) is 0 Å². The molecule has 1 saturated carbocycles. The lowest BCUT2D eigenvalue weighted by Gasteiger charge is -2.02. The number of aromatic nitrogens is 2. The third-order valence-corrected chi connectivity index (χ3v) is 2.77. The molecule has 0 amide bonds. The van der Waals surface area contributed by atoms with Crippen LogP contribution in [0.3, 0.4) is 0 Å². The van der Waals surface area contributed by atoms with Crippen molar-refractivity contribution in [3.63, 3.8) is 0 Å². The SMILES string of the molecule is Brc1cc(C2CCCC2)[nH]n1. The molecular weight excluding hydrogens is 204 g/mol. The number of nitrogens with zero attached hydrogens (tertiary/aromatic N) is 1. The Hall–Kier alpha value is -0.310. The number of rotatable bonds is 1. The second-order valence-electron chi connectivity index (χ2n) is 3.13. The lowest BCUT2D eigenvalue weighted by Crippen LogP contribution is -1.91. The summed E-state index contributed by atoms with van der Waals surface area (Å²) in [5, 5.41) is 7.10. The fourth-order valence-corrected chi connectivity index (χ4v) is 2.09. The third kappa shape index (κ3) is 1.48. The van der Waals surface area contributed by atoms with Gasteiger partial charge in [-0.1, -0.05) is 12.8 Å². The fourth-order valence-electron chi connectivity index (χ4n) is 1.76. The highest BCUT2D eigenvalue weighted by molar-refractivity contribution is 9.10. The van der Waals surface area contributed by atoms with Gasteiger partial charge in [0.25, 0.3) is 0 Å². The average Bonchev–Trinajstić information content (AvgIpc) is 2.55. The lowest BCUT2D eigenvalue weighted by molar-refractivity contribution is 0.693. The maximum atomic E-state index is 4.05. The molecule has 0 atom stereocenters. The fraction of sp³-hybridized carbons (Fsp3) is 0.625. The maximum absolute atomic E-state index is 4.05. The summed E-state index contributed by atoms with van der Waals surface area (Å²) in [6, 6.07) is 2.09. The summed E-state index contributed by atoms with van der Waals surface area (Å²) in [6.07, 6.45) is 5.41. The van der Waals surface area contributed by atoms with Crippen LogP contribution in [0.4, 0.5) is 0 Å². The van der Waals surface area contributed by atoms with Gasteiger partial charge < -0.3 is 0 Å². The van der Waals surface area contributed by atoms with Gasteiger partial charge in [0.15, 0.2) is 0 Å². The van der Waals surface area contributed by atoms with Crippen LogP contribution in [-0.4, -0.2) is 10.2 Å². The lowest BCUT2D eigenvalue weighted by atomic mass is 10.1. The molecule has 0 aromatic carbocycles. The Bertz CT molecular complexity index is 238. The van der Waals surface area contributed by atoms with Crippen LogP contribution in [0, 0.1) is 0 Å². The molecule has 1 aliphatic carbocycles. The van der Waals surface area contributed by atoms with Gasteiger partial charge in [-0.3, -0.25) is 5.10 Å². The van der Waals surface area contributed by atoms with E-state index in [2.05, 4.69) is 32.2 Å². The van der Waals surface area contributed by atoms with Gasteiger partial charge in [-0.2, -0.15) is 5.10 Å². The smallest absolute Gasteiger partial charge is 0.128 e. The predicted octanol–water partition coefficient (Wildman–Crippen LogP) is 2.83. The first kappa shape index (κ1) is 7.35. The van der Waals surface area contributed by atoms with Gasteiger partial charge in [-0.25, -0.2) is 0 Å². The molecule has 11 heavy (non-hydrogen) atoms. The summed E-state index contributed by atoms with van der Waals surface area (Å²) in [7, 11) is 0. The molecule has 1 aromatic rings. The Labute approximate surface area is 74.5 Å². The minimum absolute atomic E-state index is 0.744. The van der Waals surface area contributed by atoms with E-state index in [0.717, 1.165) is 10.5 Å². The summed E-state index contributed by atoms with van der Waals surface area (Å²) in [5.41, 5.74) is 1.30. The first-order valence-corrected chi connectivity index (χ1v) is 4.86. The second-order valence-corrected chi connectivity index (χ2v) is 3.94. The molecule has 60 valence electrons. The van der Waals surface area contributed by atoms with Crippen molar-refractivity contribution in [2.75, 3.05) is 0 Å². The Morgan fingerprint density at radius 2 is 2.18 bits per heavy atom. The number of H-pyrrole nitrogens is 1. The van der Waals surface area contributed by atoms with Crippen LogP contribution in [0.2, 0.25) is 0 Å². The van der Waals surface area contributed by atoms with E-state index < -0.39 is 0 Å². The van der Waals surface area contributed by atoms with Crippen molar-refractivity contribution in [1.29, 1.82) is 0 Å². The monoisotopic (exact) mass is 214 g/mol. The largest absolute Gasteiger partial charge is 0.281 e. The van der Waals surface area contributed by atoms with Crippen LogP contribution in [0.5, 0.6) is 0 Å². The van der Waals surface area contributed by atoms with Gasteiger partial charge in [0.1, 0.15) is 4.60 Å². The zero-order chi connectivity index (χ0) is 7.68. The molecule has 3 heteroatoms. The molecule has 1 heterocycles. The molecule has 2 rings (SSSR count). The van der Waals surface area contributed by atoms with E-state index in [9.17, 15) is 0 Å². The molecule has 0 spiro atoms. The first-order valence-electron chi connectivity index (χ1n) is 4.07. The normalized spacial score (nSPS) is 19.4. The van der Waals surface area contributed by atoms with Crippen LogP contribution in [0.1, 0.15) is 37.3 Å². The summed E-state index contributed by atoms with van der Waals surface area (Å²) in [5.74, 6) is 0.744. The number of hydrogen-bond donors (Lipinski definition) is 1. The average molecular weight is 215 g/mol. The van der Waals surface area contributed by atoms with Crippen molar-refractivity contribution in [3.05, 3.63) is 16.4 Å². The predicted molar refractivity (Wildman–Crippen MR) is 47.5 cm³/mol. The molecule has 0 saturated heterocycles. The van der Waals surface area contributed by atoms with Crippen molar-refractivity contribution in [1.82, 2.24) is 10.2 Å². The van der Waals surface area contributed by atoms with E-state index in [-0.39, 0.29) is 0 Å². The first-order chi connectivity index (χ1) is 5.36. The Morgan fingerprint density at radius 1 is 1.45 bits per heavy atom. The molecule has 0 unspecified atom stereocenters. The maximum Gasteiger partial charge on any atom is 0.128 e. The number of aromatic amines is 1. The highest BCUT2D eigenvalue weighted by atomic mass is 79.9. The molecule has 1 aliphatic rings. The van der Waals surface area contributed by atoms with Gasteiger partial charge in [0, 0.05) is 11.6 Å². The summed E-state index contributed by atoms with van der Waals surface area (Å²) in [6.45, 7) is 0. The van der Waals surface area contributed by atoms with Crippen LogP contribution < -0.4 is 0 Å². The van der Waals surface area contributed by atoms with Crippen LogP contribution in [0.15, 0.2) is 10.7 Å². The van der Waals surface area contributed by atoms with E-state index in [1.54, 1.807) is 0 Å². The van der Waals surface area contributed by atoms with E-state index in [0.29, 0.717) is 0 Å². The molecule has 0 radical (unpaired) electrons. The van der Waals surface area contributed by atoms with Crippen LogP contribution >= 0.6 is 15.9 Å². The Kier molecular flexibility index (Phi) is 1.98. The van der Waals surface area contributed by atoms with Crippen molar-refractivity contribution in [2.45, 2.75) is 31.6 Å². The highest BCUT2D eigenvalue weighted by Crippen LogP contribution is 2.33. The number of hydrogen-bond acceptors (Lipinski definition) is 1. The van der Waals surface area contributed by atoms with Crippen molar-refractivity contribution in [3.8, 4) is 0 Å². The zero-order valence-corrected chi connectivity index (χ0v) is 7.89. The molecule has 1 fully saturated rings. The molecular formula is C8H11BrN2. The Morgan fingerprint density at radius 3 is 2.73 bits per heavy atom. The molecule has 0 aliphatic heterocycles. The molecule has 0 bridgehead atoms. The van der Waals surface area contributed by atoms with Gasteiger partial charge in [-0.05, 0) is 34.8 Å². The molecule has 1 N–H and O–H groups in total. The van der Waals surface area contributed by atoms with Gasteiger partial charge in [0.2, 0.25) is 0 Å². The molecule has 2 nitrogen and oxygen atoms in total. The van der Waals surface area contributed by atoms with Crippen LogP contribution in [-0.2, 0) is 0 Å². The summed E-state index contributed by atoms with van der Waals surface area (Å²) in [4.78, 5) is 0. The quantitative estimate of drug-likeness (QED) is 0.766. The third-order valence-electron chi connectivity index (χ3n) is 2.36. The second kappa shape index (κ2) is 2.97. The Balaban J connectivity index is 2.15. The highest BCUT2D eigenvalue weighted by Gasteiger charge is 2.18. The minimum atomic E-state index is 0.744. The minimum Gasteiger partial charge on any atom is -0.281 e. The van der Waals surface area contributed by atoms with E-state index >= 15 is 0 Å². The number of nitrogens with one attached hydrogen (secondary N) is 1.